The van der Waals surface area contributed by atoms with Gasteiger partial charge in [-0.25, -0.2) is 4.79 Å². The molecule has 0 bridgehead atoms. The summed E-state index contributed by atoms with van der Waals surface area (Å²) in [6.45, 7) is 1.98. The molecule has 2 heterocycles. The topological polar surface area (TPSA) is 94.2 Å². The third-order valence-electron chi connectivity index (χ3n) is 4.81. The molecular formula is C18H22N6O2. The van der Waals surface area contributed by atoms with Crippen molar-refractivity contribution >= 4 is 17.8 Å². The Labute approximate surface area is 151 Å². The number of carbonyl (C=O) groups is 2. The Bertz CT molecular complexity index is 780. The van der Waals surface area contributed by atoms with Crippen molar-refractivity contribution in [2.24, 2.45) is 0 Å². The number of hydrogen-bond acceptors (Lipinski definition) is 4. The standard InChI is InChI=1S/C18H22N6O2/c25-17(23-10-4-5-11-23)15-16(21-22-20-15)19-18(26)24(14-8-9-14)12-13-6-2-1-3-7-13/h1-3,6-7,14H,4-5,8-12H2,(H2,19,20,21,22,26). The minimum absolute atomic E-state index is 0.177. The van der Waals surface area contributed by atoms with Crippen molar-refractivity contribution in [2.45, 2.75) is 38.3 Å². The van der Waals surface area contributed by atoms with E-state index in [1.54, 1.807) is 9.80 Å². The van der Waals surface area contributed by atoms with Gasteiger partial charge in [0.25, 0.3) is 5.91 Å². The van der Waals surface area contributed by atoms with Crippen LogP contribution in [0.4, 0.5) is 10.6 Å². The summed E-state index contributed by atoms with van der Waals surface area (Å²) in [7, 11) is 0. The summed E-state index contributed by atoms with van der Waals surface area (Å²) in [5.41, 5.74) is 1.25. The van der Waals surface area contributed by atoms with E-state index in [4.69, 9.17) is 0 Å². The average Bonchev–Trinajstić information content (AvgIpc) is 3.16. The van der Waals surface area contributed by atoms with Crippen molar-refractivity contribution < 1.29 is 9.59 Å². The second-order valence-corrected chi connectivity index (χ2v) is 6.79. The number of aromatic nitrogens is 3. The van der Waals surface area contributed by atoms with Crippen LogP contribution in [0, 0.1) is 0 Å². The second kappa shape index (κ2) is 7.15. The van der Waals surface area contributed by atoms with E-state index >= 15 is 0 Å². The summed E-state index contributed by atoms with van der Waals surface area (Å²) in [6, 6.07) is 9.87. The largest absolute Gasteiger partial charge is 0.337 e. The molecule has 2 aromatic rings. The van der Waals surface area contributed by atoms with Crippen molar-refractivity contribution in [3.05, 3.63) is 41.6 Å². The van der Waals surface area contributed by atoms with Gasteiger partial charge in [0.15, 0.2) is 11.5 Å². The SMILES string of the molecule is O=C(c1n[nH]nc1NC(=O)N(Cc1ccccc1)C1CC1)N1CCCC1. The fourth-order valence-electron chi connectivity index (χ4n) is 3.24. The molecule has 2 aliphatic rings. The fraction of sp³-hybridized carbons (Fsp3) is 0.444. The smallest absolute Gasteiger partial charge is 0.323 e. The molecule has 0 spiro atoms. The van der Waals surface area contributed by atoms with E-state index in [1.807, 2.05) is 30.3 Å². The van der Waals surface area contributed by atoms with E-state index in [-0.39, 0.29) is 29.5 Å². The highest BCUT2D eigenvalue weighted by Crippen LogP contribution is 2.29. The first-order valence-corrected chi connectivity index (χ1v) is 9.04. The highest BCUT2D eigenvalue weighted by molar-refractivity contribution is 6.00. The fourth-order valence-corrected chi connectivity index (χ4v) is 3.24. The summed E-state index contributed by atoms with van der Waals surface area (Å²) in [6.07, 6.45) is 3.99. The third kappa shape index (κ3) is 3.54. The highest BCUT2D eigenvalue weighted by Gasteiger charge is 2.34. The Morgan fingerprint density at radius 3 is 2.58 bits per heavy atom. The molecule has 1 saturated heterocycles. The summed E-state index contributed by atoms with van der Waals surface area (Å²) >= 11 is 0. The van der Waals surface area contributed by atoms with Crippen molar-refractivity contribution in [2.75, 3.05) is 18.4 Å². The van der Waals surface area contributed by atoms with Crippen LogP contribution in [0.5, 0.6) is 0 Å². The molecule has 1 aliphatic carbocycles. The lowest BCUT2D eigenvalue weighted by Crippen LogP contribution is -2.37. The van der Waals surface area contributed by atoms with Crippen LogP contribution in [0.15, 0.2) is 30.3 Å². The molecule has 1 saturated carbocycles. The lowest BCUT2D eigenvalue weighted by Gasteiger charge is -2.22. The molecule has 8 heteroatoms. The number of nitrogens with zero attached hydrogens (tertiary/aromatic N) is 4. The van der Waals surface area contributed by atoms with E-state index in [1.165, 1.54) is 0 Å². The van der Waals surface area contributed by atoms with Crippen molar-refractivity contribution in [3.63, 3.8) is 0 Å². The van der Waals surface area contributed by atoms with Crippen LogP contribution in [0.1, 0.15) is 41.7 Å². The van der Waals surface area contributed by atoms with Crippen LogP contribution in [0.2, 0.25) is 0 Å². The van der Waals surface area contributed by atoms with Gasteiger partial charge in [0, 0.05) is 25.7 Å². The van der Waals surface area contributed by atoms with Gasteiger partial charge in [0.1, 0.15) is 0 Å². The molecule has 1 aromatic carbocycles. The Morgan fingerprint density at radius 2 is 1.88 bits per heavy atom. The lowest BCUT2D eigenvalue weighted by molar-refractivity contribution is 0.0788. The zero-order valence-corrected chi connectivity index (χ0v) is 14.5. The first kappa shape index (κ1) is 16.6. The van der Waals surface area contributed by atoms with Gasteiger partial charge in [0.2, 0.25) is 0 Å². The lowest BCUT2D eigenvalue weighted by atomic mass is 10.2. The van der Waals surface area contributed by atoms with Crippen LogP contribution in [-0.2, 0) is 6.54 Å². The molecule has 26 heavy (non-hydrogen) atoms. The number of nitrogens with one attached hydrogen (secondary N) is 2. The zero-order valence-electron chi connectivity index (χ0n) is 14.5. The Morgan fingerprint density at radius 1 is 1.15 bits per heavy atom. The third-order valence-corrected chi connectivity index (χ3v) is 4.81. The van der Waals surface area contributed by atoms with E-state index < -0.39 is 0 Å². The van der Waals surface area contributed by atoms with E-state index in [0.29, 0.717) is 6.54 Å². The highest BCUT2D eigenvalue weighted by atomic mass is 16.2. The molecular weight excluding hydrogens is 332 g/mol. The number of benzene rings is 1. The monoisotopic (exact) mass is 354 g/mol. The molecule has 3 amide bonds. The predicted molar refractivity (Wildman–Crippen MR) is 95.5 cm³/mol. The Balaban J connectivity index is 1.47. The maximum absolute atomic E-state index is 12.8. The molecule has 2 fully saturated rings. The Hall–Kier alpha value is -2.90. The van der Waals surface area contributed by atoms with Crippen LogP contribution in [-0.4, -0.2) is 56.3 Å². The van der Waals surface area contributed by atoms with Gasteiger partial charge < -0.3 is 9.80 Å². The number of anilines is 1. The summed E-state index contributed by atoms with van der Waals surface area (Å²) in [4.78, 5) is 28.9. The first-order valence-electron chi connectivity index (χ1n) is 9.04. The molecule has 2 N–H and O–H groups in total. The molecule has 8 nitrogen and oxygen atoms in total. The number of H-pyrrole nitrogens is 1. The van der Waals surface area contributed by atoms with Gasteiger partial charge in [-0.15, -0.1) is 10.2 Å². The normalized spacial score (nSPS) is 16.5. The quantitative estimate of drug-likeness (QED) is 0.861. The first-order chi connectivity index (χ1) is 12.7. The van der Waals surface area contributed by atoms with Crippen LogP contribution >= 0.6 is 0 Å². The molecule has 1 aromatic heterocycles. The summed E-state index contributed by atoms with van der Waals surface area (Å²) in [5.74, 6) is 0.0122. The minimum Gasteiger partial charge on any atom is -0.337 e. The summed E-state index contributed by atoms with van der Waals surface area (Å²) in [5, 5.41) is 13.2. The van der Waals surface area contributed by atoms with Crippen LogP contribution in [0.3, 0.4) is 0 Å². The van der Waals surface area contributed by atoms with Crippen molar-refractivity contribution in [1.29, 1.82) is 0 Å². The number of rotatable bonds is 5. The maximum Gasteiger partial charge on any atom is 0.323 e. The van der Waals surface area contributed by atoms with E-state index in [9.17, 15) is 9.59 Å². The van der Waals surface area contributed by atoms with Gasteiger partial charge in [-0.3, -0.25) is 10.1 Å². The minimum atomic E-state index is -0.249. The number of carbonyl (C=O) groups excluding carboxylic acids is 2. The van der Waals surface area contributed by atoms with Gasteiger partial charge in [-0.05, 0) is 31.2 Å². The van der Waals surface area contributed by atoms with Crippen LogP contribution < -0.4 is 5.32 Å². The number of aromatic amines is 1. The van der Waals surface area contributed by atoms with E-state index in [2.05, 4.69) is 20.7 Å². The molecule has 1 aliphatic heterocycles. The molecule has 0 unspecified atom stereocenters. The Kier molecular flexibility index (Phi) is 4.55. The number of likely N-dealkylation sites (tertiary alicyclic amines) is 1. The zero-order chi connectivity index (χ0) is 17.9. The average molecular weight is 354 g/mol. The number of urea groups is 1. The molecule has 4 rings (SSSR count). The van der Waals surface area contributed by atoms with Gasteiger partial charge in [-0.1, -0.05) is 30.3 Å². The predicted octanol–water partition coefficient (Wildman–Crippen LogP) is 2.24. The summed E-state index contributed by atoms with van der Waals surface area (Å²) < 4.78 is 0. The van der Waals surface area contributed by atoms with Gasteiger partial charge in [0.05, 0.1) is 0 Å². The van der Waals surface area contributed by atoms with Crippen molar-refractivity contribution in [3.8, 4) is 0 Å². The molecule has 0 radical (unpaired) electrons. The molecule has 0 atom stereocenters. The van der Waals surface area contributed by atoms with E-state index in [0.717, 1.165) is 44.3 Å². The van der Waals surface area contributed by atoms with Crippen molar-refractivity contribution in [1.82, 2.24) is 25.2 Å². The number of amides is 3. The number of hydrogen-bond donors (Lipinski definition) is 2. The van der Waals surface area contributed by atoms with Gasteiger partial charge in [-0.2, -0.15) is 5.21 Å². The van der Waals surface area contributed by atoms with Crippen LogP contribution in [0.25, 0.3) is 0 Å². The molecule has 136 valence electrons. The maximum atomic E-state index is 12.8. The second-order valence-electron chi connectivity index (χ2n) is 6.79. The van der Waals surface area contributed by atoms with Gasteiger partial charge >= 0.3 is 6.03 Å².